The fourth-order valence-corrected chi connectivity index (χ4v) is 3.47. The zero-order chi connectivity index (χ0) is 14.9. The summed E-state index contributed by atoms with van der Waals surface area (Å²) in [5.74, 6) is -2.51. The molecule has 5 heteroatoms. The molecular weight excluding hydrogens is 276 g/mol. The maximum Gasteiger partial charge on any atom is 0.248 e. The second-order valence-corrected chi connectivity index (χ2v) is 6.97. The highest BCUT2D eigenvalue weighted by molar-refractivity contribution is 5.79. The molecule has 3 rings (SSSR count). The van der Waals surface area contributed by atoms with Gasteiger partial charge in [-0.05, 0) is 44.4 Å². The lowest BCUT2D eigenvalue weighted by Crippen LogP contribution is -2.47. The van der Waals surface area contributed by atoms with Gasteiger partial charge >= 0.3 is 0 Å². The van der Waals surface area contributed by atoms with E-state index in [1.54, 1.807) is 4.90 Å². The van der Waals surface area contributed by atoms with E-state index >= 15 is 0 Å². The van der Waals surface area contributed by atoms with E-state index in [4.69, 9.17) is 4.74 Å². The Morgan fingerprint density at radius 2 is 2.00 bits per heavy atom. The number of halogens is 2. The third kappa shape index (κ3) is 4.15. The van der Waals surface area contributed by atoms with Gasteiger partial charge in [0.25, 0.3) is 0 Å². The average molecular weight is 301 g/mol. The number of ether oxygens (including phenoxy) is 1. The van der Waals surface area contributed by atoms with Crippen LogP contribution in [0.1, 0.15) is 51.4 Å². The fraction of sp³-hybridized carbons (Fsp3) is 0.938. The number of carbonyl (C=O) groups excluding carboxylic acids is 1. The molecule has 0 aromatic heterocycles. The van der Waals surface area contributed by atoms with Gasteiger partial charge in [-0.15, -0.1) is 0 Å². The smallest absolute Gasteiger partial charge is 0.248 e. The van der Waals surface area contributed by atoms with Gasteiger partial charge < -0.3 is 9.64 Å². The third-order valence-corrected chi connectivity index (χ3v) is 4.94. The minimum Gasteiger partial charge on any atom is -0.376 e. The Balaban J connectivity index is 1.51. The van der Waals surface area contributed by atoms with Gasteiger partial charge in [0, 0.05) is 38.5 Å². The van der Waals surface area contributed by atoms with Gasteiger partial charge in [0.1, 0.15) is 0 Å². The van der Waals surface area contributed by atoms with Gasteiger partial charge in [0.2, 0.25) is 11.8 Å². The first kappa shape index (κ1) is 15.2. The SMILES string of the molecule is O=C([C@H]1CCCC(F)(F)C1)N1CCC[C@@H](OCC2CC2)C1. The van der Waals surface area contributed by atoms with Gasteiger partial charge in [-0.3, -0.25) is 4.79 Å². The second-order valence-electron chi connectivity index (χ2n) is 6.97. The van der Waals surface area contributed by atoms with Crippen LogP contribution in [0, 0.1) is 11.8 Å². The van der Waals surface area contributed by atoms with Crippen molar-refractivity contribution in [1.29, 1.82) is 0 Å². The lowest BCUT2D eigenvalue weighted by molar-refractivity contribution is -0.146. The van der Waals surface area contributed by atoms with Crippen LogP contribution in [0.5, 0.6) is 0 Å². The topological polar surface area (TPSA) is 29.5 Å². The van der Waals surface area contributed by atoms with Crippen molar-refractivity contribution in [1.82, 2.24) is 4.90 Å². The minimum atomic E-state index is -2.66. The summed E-state index contributed by atoms with van der Waals surface area (Å²) >= 11 is 0. The Hall–Kier alpha value is -0.710. The summed E-state index contributed by atoms with van der Waals surface area (Å²) < 4.78 is 32.8. The molecular formula is C16H25F2NO2. The molecule has 0 aromatic rings. The molecule has 2 atom stereocenters. The monoisotopic (exact) mass is 301 g/mol. The van der Waals surface area contributed by atoms with Crippen molar-refractivity contribution >= 4 is 5.91 Å². The Kier molecular flexibility index (Phi) is 4.48. The van der Waals surface area contributed by atoms with E-state index < -0.39 is 11.8 Å². The second kappa shape index (κ2) is 6.19. The van der Waals surface area contributed by atoms with Gasteiger partial charge in [-0.1, -0.05) is 0 Å². The van der Waals surface area contributed by atoms with Crippen molar-refractivity contribution in [2.75, 3.05) is 19.7 Å². The lowest BCUT2D eigenvalue weighted by atomic mass is 9.85. The van der Waals surface area contributed by atoms with E-state index in [0.29, 0.717) is 31.8 Å². The predicted molar refractivity (Wildman–Crippen MR) is 75.2 cm³/mol. The lowest BCUT2D eigenvalue weighted by Gasteiger charge is -2.37. The molecule has 0 unspecified atom stereocenters. The molecule has 120 valence electrons. The highest BCUT2D eigenvalue weighted by Gasteiger charge is 2.41. The van der Waals surface area contributed by atoms with Gasteiger partial charge in [-0.25, -0.2) is 8.78 Å². The highest BCUT2D eigenvalue weighted by atomic mass is 19.3. The van der Waals surface area contributed by atoms with Gasteiger partial charge in [0.15, 0.2) is 0 Å². The van der Waals surface area contributed by atoms with Crippen LogP contribution in [0.4, 0.5) is 8.78 Å². The van der Waals surface area contributed by atoms with Crippen molar-refractivity contribution in [3.8, 4) is 0 Å². The molecule has 2 saturated carbocycles. The molecule has 0 bridgehead atoms. The van der Waals surface area contributed by atoms with E-state index in [-0.39, 0.29) is 24.9 Å². The number of alkyl halides is 2. The van der Waals surface area contributed by atoms with E-state index in [1.807, 2.05) is 0 Å². The van der Waals surface area contributed by atoms with Crippen molar-refractivity contribution in [3.05, 3.63) is 0 Å². The largest absolute Gasteiger partial charge is 0.376 e. The normalized spacial score (nSPS) is 33.0. The number of piperidine rings is 1. The van der Waals surface area contributed by atoms with Crippen molar-refractivity contribution in [2.45, 2.75) is 63.4 Å². The van der Waals surface area contributed by atoms with Crippen LogP contribution in [-0.2, 0) is 9.53 Å². The zero-order valence-corrected chi connectivity index (χ0v) is 12.5. The molecule has 1 heterocycles. The Morgan fingerprint density at radius 3 is 2.71 bits per heavy atom. The first-order chi connectivity index (χ1) is 10.0. The number of amides is 1. The number of rotatable bonds is 4. The summed E-state index contributed by atoms with van der Waals surface area (Å²) in [7, 11) is 0. The van der Waals surface area contributed by atoms with Crippen molar-refractivity contribution in [2.24, 2.45) is 11.8 Å². The third-order valence-electron chi connectivity index (χ3n) is 4.94. The van der Waals surface area contributed by atoms with Crippen LogP contribution in [0.2, 0.25) is 0 Å². The van der Waals surface area contributed by atoms with Crippen LogP contribution in [0.15, 0.2) is 0 Å². The molecule has 0 spiro atoms. The number of carbonyl (C=O) groups is 1. The number of hydrogen-bond donors (Lipinski definition) is 0. The van der Waals surface area contributed by atoms with Crippen LogP contribution in [-0.4, -0.2) is 42.5 Å². The highest BCUT2D eigenvalue weighted by Crippen LogP contribution is 2.38. The molecule has 3 nitrogen and oxygen atoms in total. The van der Waals surface area contributed by atoms with Crippen LogP contribution in [0.25, 0.3) is 0 Å². The molecule has 3 fully saturated rings. The summed E-state index contributed by atoms with van der Waals surface area (Å²) in [5.41, 5.74) is 0. The first-order valence-corrected chi connectivity index (χ1v) is 8.32. The molecule has 2 aliphatic carbocycles. The molecule has 1 saturated heterocycles. The van der Waals surface area contributed by atoms with E-state index in [2.05, 4.69) is 0 Å². The zero-order valence-electron chi connectivity index (χ0n) is 12.5. The quantitative estimate of drug-likeness (QED) is 0.798. The standard InChI is InChI=1S/C16H25F2NO2/c17-16(18)7-1-3-13(9-16)15(20)19-8-2-4-14(10-19)21-11-12-5-6-12/h12-14H,1-11H2/t13-,14+/m0/s1. The number of likely N-dealkylation sites (tertiary alicyclic amines) is 1. The van der Waals surface area contributed by atoms with Crippen molar-refractivity contribution in [3.63, 3.8) is 0 Å². The summed E-state index contributed by atoms with van der Waals surface area (Å²) in [4.78, 5) is 14.2. The van der Waals surface area contributed by atoms with E-state index in [1.165, 1.54) is 12.8 Å². The number of hydrogen-bond acceptors (Lipinski definition) is 2. The Bertz CT molecular complexity index is 384. The van der Waals surface area contributed by atoms with Crippen molar-refractivity contribution < 1.29 is 18.3 Å². The fourth-order valence-electron chi connectivity index (χ4n) is 3.47. The Morgan fingerprint density at radius 1 is 1.19 bits per heavy atom. The summed E-state index contributed by atoms with van der Waals surface area (Å²) in [5, 5.41) is 0. The van der Waals surface area contributed by atoms with Crippen LogP contribution in [0.3, 0.4) is 0 Å². The summed E-state index contributed by atoms with van der Waals surface area (Å²) in [6, 6.07) is 0. The van der Waals surface area contributed by atoms with Gasteiger partial charge in [0.05, 0.1) is 6.10 Å². The van der Waals surface area contributed by atoms with Crippen LogP contribution < -0.4 is 0 Å². The molecule has 21 heavy (non-hydrogen) atoms. The van der Waals surface area contributed by atoms with Gasteiger partial charge in [-0.2, -0.15) is 0 Å². The number of nitrogens with zero attached hydrogens (tertiary/aromatic N) is 1. The minimum absolute atomic E-state index is 0.0656. The molecule has 1 amide bonds. The Labute approximate surface area is 125 Å². The maximum absolute atomic E-state index is 13.5. The van der Waals surface area contributed by atoms with Crippen LogP contribution >= 0.6 is 0 Å². The summed E-state index contributed by atoms with van der Waals surface area (Å²) in [6.07, 6.45) is 5.25. The summed E-state index contributed by atoms with van der Waals surface area (Å²) in [6.45, 7) is 2.09. The molecule has 0 N–H and O–H groups in total. The van der Waals surface area contributed by atoms with E-state index in [9.17, 15) is 13.6 Å². The molecule has 1 aliphatic heterocycles. The van der Waals surface area contributed by atoms with E-state index in [0.717, 1.165) is 19.4 Å². The molecule has 0 aromatic carbocycles. The molecule has 0 radical (unpaired) electrons. The average Bonchev–Trinajstić information content (AvgIpc) is 3.28. The maximum atomic E-state index is 13.5. The first-order valence-electron chi connectivity index (χ1n) is 8.32. The molecule has 3 aliphatic rings. The predicted octanol–water partition coefficient (Wildman–Crippen LogP) is 3.23.